The number of aliphatic imine (C=N–C) groups is 1. The molecule has 0 radical (unpaired) electrons. The number of hydrogen-bond acceptors (Lipinski definition) is 6. The van der Waals surface area contributed by atoms with Gasteiger partial charge < -0.3 is 25.5 Å². The lowest BCUT2D eigenvalue weighted by Crippen LogP contribution is -2.53. The second-order valence-electron chi connectivity index (χ2n) is 6.53. The van der Waals surface area contributed by atoms with Gasteiger partial charge in [-0.05, 0) is 25.1 Å². The van der Waals surface area contributed by atoms with Crippen molar-refractivity contribution in [3.8, 4) is 5.75 Å². The molecule has 0 bridgehead atoms. The lowest BCUT2D eigenvalue weighted by atomic mass is 10.2. The number of para-hydroxylation sites is 1. The minimum Gasteiger partial charge on any atom is -0.507 e. The van der Waals surface area contributed by atoms with Gasteiger partial charge in [-0.1, -0.05) is 12.1 Å². The average molecular weight is 397 g/mol. The second-order valence-corrected chi connectivity index (χ2v) is 6.53. The number of benzene rings is 1. The molecule has 1 fully saturated rings. The Bertz CT molecular complexity index is 821. The number of aromatic nitrogens is 2. The van der Waals surface area contributed by atoms with Gasteiger partial charge in [0.2, 0.25) is 5.95 Å². The number of phenolic OH excluding ortho intramolecular Hbond substituents is 1. The van der Waals surface area contributed by atoms with Crippen LogP contribution in [0.2, 0.25) is 0 Å². The lowest BCUT2D eigenvalue weighted by Gasteiger charge is -2.36. The lowest BCUT2D eigenvalue weighted by molar-refractivity contribution is 0.0952. The maximum atomic E-state index is 12.1. The highest BCUT2D eigenvalue weighted by Gasteiger charge is 2.21. The molecular formula is C20H27N7O2. The molecule has 0 aliphatic carbocycles. The van der Waals surface area contributed by atoms with Crippen molar-refractivity contribution >= 4 is 17.8 Å². The number of carbonyl (C=O) groups is 1. The van der Waals surface area contributed by atoms with E-state index in [9.17, 15) is 9.90 Å². The van der Waals surface area contributed by atoms with E-state index in [4.69, 9.17) is 0 Å². The van der Waals surface area contributed by atoms with Crippen LogP contribution in [0, 0.1) is 0 Å². The second kappa shape index (κ2) is 10.3. The SMILES string of the molecule is CCNC(=NCCNC(=O)c1ccccc1O)N1CCN(c2ncccn2)CC1. The van der Waals surface area contributed by atoms with Crippen LogP contribution in [0.4, 0.5) is 5.95 Å². The summed E-state index contributed by atoms with van der Waals surface area (Å²) in [6.45, 7) is 6.90. The van der Waals surface area contributed by atoms with Gasteiger partial charge in [0.1, 0.15) is 5.75 Å². The first-order valence-corrected chi connectivity index (χ1v) is 9.80. The molecule has 9 heteroatoms. The number of rotatable bonds is 6. The van der Waals surface area contributed by atoms with Crippen LogP contribution in [-0.4, -0.2) is 77.7 Å². The first kappa shape index (κ1) is 20.4. The topological polar surface area (TPSA) is 106 Å². The molecule has 1 aromatic heterocycles. The summed E-state index contributed by atoms with van der Waals surface area (Å²) in [6, 6.07) is 8.30. The zero-order valence-electron chi connectivity index (χ0n) is 16.6. The highest BCUT2D eigenvalue weighted by Crippen LogP contribution is 2.14. The molecule has 1 aliphatic rings. The summed E-state index contributed by atoms with van der Waals surface area (Å²) < 4.78 is 0. The number of hydrogen-bond donors (Lipinski definition) is 3. The van der Waals surface area contributed by atoms with Crippen LogP contribution in [-0.2, 0) is 0 Å². The number of aromatic hydroxyl groups is 1. The van der Waals surface area contributed by atoms with Crippen molar-refractivity contribution in [3.63, 3.8) is 0 Å². The third-order valence-corrected chi connectivity index (χ3v) is 4.56. The van der Waals surface area contributed by atoms with Gasteiger partial charge in [0.25, 0.3) is 5.91 Å². The summed E-state index contributed by atoms with van der Waals surface area (Å²) in [5.41, 5.74) is 0.266. The number of carbonyl (C=O) groups excluding carboxylic acids is 1. The van der Waals surface area contributed by atoms with Crippen molar-refractivity contribution in [2.75, 3.05) is 50.7 Å². The highest BCUT2D eigenvalue weighted by molar-refractivity contribution is 5.96. The fourth-order valence-electron chi connectivity index (χ4n) is 3.09. The van der Waals surface area contributed by atoms with E-state index in [0.29, 0.717) is 13.1 Å². The van der Waals surface area contributed by atoms with Gasteiger partial charge in [-0.2, -0.15) is 0 Å². The van der Waals surface area contributed by atoms with E-state index in [-0.39, 0.29) is 17.2 Å². The average Bonchev–Trinajstić information content (AvgIpc) is 2.77. The quantitative estimate of drug-likeness (QED) is 0.374. The number of amides is 1. The van der Waals surface area contributed by atoms with E-state index in [1.165, 1.54) is 6.07 Å². The zero-order valence-corrected chi connectivity index (χ0v) is 16.6. The van der Waals surface area contributed by atoms with Crippen LogP contribution >= 0.6 is 0 Å². The molecule has 1 aliphatic heterocycles. The molecule has 0 saturated carbocycles. The van der Waals surface area contributed by atoms with Crippen LogP contribution in [0.5, 0.6) is 5.75 Å². The summed E-state index contributed by atoms with van der Waals surface area (Å²) in [4.78, 5) is 29.8. The zero-order chi connectivity index (χ0) is 20.5. The molecule has 154 valence electrons. The third-order valence-electron chi connectivity index (χ3n) is 4.56. The van der Waals surface area contributed by atoms with Gasteiger partial charge in [-0.25, -0.2) is 9.97 Å². The summed E-state index contributed by atoms with van der Waals surface area (Å²) in [5.74, 6) is 1.25. The van der Waals surface area contributed by atoms with Gasteiger partial charge >= 0.3 is 0 Å². The largest absolute Gasteiger partial charge is 0.507 e. The third kappa shape index (κ3) is 5.56. The van der Waals surface area contributed by atoms with Crippen molar-refractivity contribution in [2.24, 2.45) is 4.99 Å². The number of guanidine groups is 1. The molecule has 9 nitrogen and oxygen atoms in total. The van der Waals surface area contributed by atoms with Crippen molar-refractivity contribution < 1.29 is 9.90 Å². The van der Waals surface area contributed by atoms with Gasteiger partial charge in [0.15, 0.2) is 5.96 Å². The highest BCUT2D eigenvalue weighted by atomic mass is 16.3. The minimum atomic E-state index is -0.306. The number of phenols is 1. The predicted octanol–water partition coefficient (Wildman–Crippen LogP) is 0.700. The van der Waals surface area contributed by atoms with Gasteiger partial charge in [-0.15, -0.1) is 0 Å². The Kier molecular flexibility index (Phi) is 7.21. The smallest absolute Gasteiger partial charge is 0.255 e. The van der Waals surface area contributed by atoms with E-state index >= 15 is 0 Å². The standard InChI is InChI=1S/C20H27N7O2/c1-2-21-19(25-11-10-22-18(29)16-6-3-4-7-17(16)28)26-12-14-27(15-13-26)20-23-8-5-9-24-20/h3-9,28H,2,10-15H2,1H3,(H,21,25)(H,22,29). The summed E-state index contributed by atoms with van der Waals surface area (Å²) in [6.07, 6.45) is 3.51. The molecule has 29 heavy (non-hydrogen) atoms. The Morgan fingerprint density at radius 3 is 2.52 bits per heavy atom. The molecular weight excluding hydrogens is 370 g/mol. The normalized spacial score (nSPS) is 14.6. The monoisotopic (exact) mass is 397 g/mol. The molecule has 1 amide bonds. The molecule has 2 heterocycles. The van der Waals surface area contributed by atoms with E-state index in [1.54, 1.807) is 30.6 Å². The first-order chi connectivity index (χ1) is 14.2. The van der Waals surface area contributed by atoms with Crippen LogP contribution in [0.15, 0.2) is 47.7 Å². The molecule has 0 unspecified atom stereocenters. The van der Waals surface area contributed by atoms with Gasteiger partial charge in [0.05, 0.1) is 12.1 Å². The number of anilines is 1. The van der Waals surface area contributed by atoms with Gasteiger partial charge in [-0.3, -0.25) is 9.79 Å². The maximum Gasteiger partial charge on any atom is 0.255 e. The molecule has 2 aromatic rings. The van der Waals surface area contributed by atoms with E-state index in [1.807, 2.05) is 13.0 Å². The van der Waals surface area contributed by atoms with E-state index in [2.05, 4.69) is 35.4 Å². The van der Waals surface area contributed by atoms with Crippen molar-refractivity contribution in [3.05, 3.63) is 48.3 Å². The first-order valence-electron chi connectivity index (χ1n) is 9.80. The Labute approximate surface area is 170 Å². The molecule has 0 spiro atoms. The van der Waals surface area contributed by atoms with Crippen molar-refractivity contribution in [2.45, 2.75) is 6.92 Å². The Balaban J connectivity index is 1.50. The Morgan fingerprint density at radius 1 is 1.10 bits per heavy atom. The number of piperazine rings is 1. The molecule has 3 N–H and O–H groups in total. The summed E-state index contributed by atoms with van der Waals surface area (Å²) in [5, 5.41) is 15.9. The summed E-state index contributed by atoms with van der Waals surface area (Å²) in [7, 11) is 0. The van der Waals surface area contributed by atoms with Gasteiger partial charge in [0, 0.05) is 51.7 Å². The van der Waals surface area contributed by atoms with E-state index < -0.39 is 0 Å². The summed E-state index contributed by atoms with van der Waals surface area (Å²) >= 11 is 0. The molecule has 1 aromatic carbocycles. The fourth-order valence-corrected chi connectivity index (χ4v) is 3.09. The predicted molar refractivity (Wildman–Crippen MR) is 112 cm³/mol. The van der Waals surface area contributed by atoms with Crippen molar-refractivity contribution in [1.29, 1.82) is 0 Å². The van der Waals surface area contributed by atoms with Crippen LogP contribution in [0.25, 0.3) is 0 Å². The molecule has 3 rings (SSSR count). The molecule has 0 atom stereocenters. The molecule has 1 saturated heterocycles. The Morgan fingerprint density at radius 2 is 1.83 bits per heavy atom. The van der Waals surface area contributed by atoms with E-state index in [0.717, 1.165) is 44.6 Å². The van der Waals surface area contributed by atoms with Crippen LogP contribution in [0.3, 0.4) is 0 Å². The van der Waals surface area contributed by atoms with Crippen LogP contribution in [0.1, 0.15) is 17.3 Å². The minimum absolute atomic E-state index is 0.0258. The van der Waals surface area contributed by atoms with Crippen LogP contribution < -0.4 is 15.5 Å². The number of nitrogens with zero attached hydrogens (tertiary/aromatic N) is 5. The fraction of sp³-hybridized carbons (Fsp3) is 0.400. The maximum absolute atomic E-state index is 12.1. The number of nitrogens with one attached hydrogen (secondary N) is 2. The van der Waals surface area contributed by atoms with Crippen molar-refractivity contribution in [1.82, 2.24) is 25.5 Å². The Hall–Kier alpha value is -3.36.